The molecule has 0 aliphatic heterocycles. The molecular formula is C13H14ClN. The minimum absolute atomic E-state index is 0.596. The monoisotopic (exact) mass is 219 g/mol. The molecule has 0 saturated carbocycles. The number of allylic oxidation sites excluding steroid dienone is 3. The highest BCUT2D eigenvalue weighted by Crippen LogP contribution is 2.24. The van der Waals surface area contributed by atoms with Crippen molar-refractivity contribution in [3.8, 4) is 0 Å². The average Bonchev–Trinajstić information content (AvgIpc) is 2.30. The van der Waals surface area contributed by atoms with E-state index in [1.54, 1.807) is 6.08 Å². The molecular weight excluding hydrogens is 206 g/mol. The lowest BCUT2D eigenvalue weighted by atomic mass is 10.1. The third-order valence-electron chi connectivity index (χ3n) is 2.06. The maximum absolute atomic E-state index is 6.18. The molecule has 0 saturated heterocycles. The van der Waals surface area contributed by atoms with Crippen molar-refractivity contribution in [3.63, 3.8) is 0 Å². The third kappa shape index (κ3) is 2.74. The highest BCUT2D eigenvalue weighted by Gasteiger charge is 2.06. The molecule has 1 aromatic rings. The lowest BCUT2D eigenvalue weighted by Crippen LogP contribution is -2.06. The summed E-state index contributed by atoms with van der Waals surface area (Å²) in [5.41, 5.74) is 2.61. The van der Waals surface area contributed by atoms with E-state index in [9.17, 15) is 0 Å². The molecule has 1 aromatic carbocycles. The summed E-state index contributed by atoms with van der Waals surface area (Å²) in [5, 5.41) is 3.67. The summed E-state index contributed by atoms with van der Waals surface area (Å²) >= 11 is 6.18. The Morgan fingerprint density at radius 1 is 1.33 bits per heavy atom. The zero-order valence-electron chi connectivity index (χ0n) is 8.76. The fourth-order valence-electron chi connectivity index (χ4n) is 1.24. The van der Waals surface area contributed by atoms with Gasteiger partial charge in [-0.2, -0.15) is 0 Å². The van der Waals surface area contributed by atoms with Crippen LogP contribution < -0.4 is 5.32 Å². The summed E-state index contributed by atoms with van der Waals surface area (Å²) in [5.74, 6) is 0. The molecule has 0 amide bonds. The van der Waals surface area contributed by atoms with Crippen molar-refractivity contribution in [1.29, 1.82) is 0 Å². The van der Waals surface area contributed by atoms with E-state index in [4.69, 9.17) is 11.6 Å². The minimum Gasteiger partial charge on any atom is -0.386 e. The summed E-state index contributed by atoms with van der Waals surface area (Å²) < 4.78 is 0. The maximum Gasteiger partial charge on any atom is 0.0709 e. The van der Waals surface area contributed by atoms with Gasteiger partial charge in [0.25, 0.3) is 0 Å². The van der Waals surface area contributed by atoms with Crippen molar-refractivity contribution in [2.24, 2.45) is 0 Å². The van der Waals surface area contributed by atoms with Crippen molar-refractivity contribution in [2.75, 3.05) is 7.05 Å². The SMILES string of the molecule is C=CC(=C)/C(Cl)=C(\NC)c1ccccc1. The number of halogens is 1. The van der Waals surface area contributed by atoms with Gasteiger partial charge in [0.1, 0.15) is 0 Å². The first-order chi connectivity index (χ1) is 7.20. The zero-order valence-corrected chi connectivity index (χ0v) is 9.51. The topological polar surface area (TPSA) is 12.0 Å². The summed E-state index contributed by atoms with van der Waals surface area (Å²) in [6.45, 7) is 7.47. The van der Waals surface area contributed by atoms with Gasteiger partial charge in [-0.3, -0.25) is 0 Å². The first-order valence-corrected chi connectivity index (χ1v) is 5.03. The van der Waals surface area contributed by atoms with Crippen LogP contribution in [0, 0.1) is 0 Å². The van der Waals surface area contributed by atoms with Crippen LogP contribution in [0.15, 0.2) is 60.2 Å². The van der Waals surface area contributed by atoms with Crippen LogP contribution in [0.4, 0.5) is 0 Å². The fraction of sp³-hybridized carbons (Fsp3) is 0.0769. The number of rotatable bonds is 4. The molecule has 2 heteroatoms. The first-order valence-electron chi connectivity index (χ1n) is 4.65. The smallest absolute Gasteiger partial charge is 0.0709 e. The second-order valence-electron chi connectivity index (χ2n) is 3.03. The van der Waals surface area contributed by atoms with Crippen LogP contribution in [0.2, 0.25) is 0 Å². The van der Waals surface area contributed by atoms with Crippen LogP contribution in [0.3, 0.4) is 0 Å². The minimum atomic E-state index is 0.596. The number of nitrogens with one attached hydrogen (secondary N) is 1. The average molecular weight is 220 g/mol. The molecule has 1 rings (SSSR count). The molecule has 0 aliphatic carbocycles. The summed E-state index contributed by atoms with van der Waals surface area (Å²) in [7, 11) is 1.83. The van der Waals surface area contributed by atoms with Gasteiger partial charge >= 0.3 is 0 Å². The van der Waals surface area contributed by atoms with Gasteiger partial charge < -0.3 is 5.32 Å². The molecule has 0 atom stereocenters. The van der Waals surface area contributed by atoms with Gasteiger partial charge in [0.05, 0.1) is 10.7 Å². The Morgan fingerprint density at radius 2 is 1.93 bits per heavy atom. The maximum atomic E-state index is 6.18. The van der Waals surface area contributed by atoms with E-state index < -0.39 is 0 Å². The number of hydrogen-bond acceptors (Lipinski definition) is 1. The Kier molecular flexibility index (Phi) is 4.19. The van der Waals surface area contributed by atoms with E-state index in [2.05, 4.69) is 18.5 Å². The molecule has 0 unspecified atom stereocenters. The van der Waals surface area contributed by atoms with Gasteiger partial charge in [-0.1, -0.05) is 61.2 Å². The summed E-state index contributed by atoms with van der Waals surface area (Å²) in [4.78, 5) is 0. The molecule has 78 valence electrons. The zero-order chi connectivity index (χ0) is 11.3. The van der Waals surface area contributed by atoms with Gasteiger partial charge in [-0.15, -0.1) is 0 Å². The molecule has 0 radical (unpaired) electrons. The normalized spacial score (nSPS) is 11.6. The van der Waals surface area contributed by atoms with Crippen LogP contribution >= 0.6 is 11.6 Å². The number of benzene rings is 1. The van der Waals surface area contributed by atoms with Gasteiger partial charge in [0, 0.05) is 7.05 Å². The molecule has 0 bridgehead atoms. The van der Waals surface area contributed by atoms with E-state index in [1.807, 2.05) is 37.4 Å². The lowest BCUT2D eigenvalue weighted by molar-refractivity contribution is 1.12. The Balaban J connectivity index is 3.19. The molecule has 0 aromatic heterocycles. The van der Waals surface area contributed by atoms with Crippen molar-refractivity contribution in [2.45, 2.75) is 0 Å². The predicted octanol–water partition coefficient (Wildman–Crippen LogP) is 3.56. The highest BCUT2D eigenvalue weighted by molar-refractivity contribution is 6.35. The van der Waals surface area contributed by atoms with E-state index in [0.717, 1.165) is 11.3 Å². The molecule has 0 spiro atoms. The summed E-state index contributed by atoms with van der Waals surface area (Å²) in [6, 6.07) is 9.88. The van der Waals surface area contributed by atoms with Crippen LogP contribution in [-0.4, -0.2) is 7.05 Å². The fourth-order valence-corrected chi connectivity index (χ4v) is 1.52. The summed E-state index contributed by atoms with van der Waals surface area (Å²) in [6.07, 6.45) is 1.64. The second kappa shape index (κ2) is 5.42. The standard InChI is InChI=1S/C13H14ClN/c1-4-10(2)12(14)13(15-3)11-8-6-5-7-9-11/h4-9,15H,1-2H2,3H3/b13-12+. The molecule has 0 aliphatic rings. The van der Waals surface area contributed by atoms with Crippen molar-refractivity contribution in [1.82, 2.24) is 5.32 Å². The van der Waals surface area contributed by atoms with E-state index in [-0.39, 0.29) is 0 Å². The van der Waals surface area contributed by atoms with Gasteiger partial charge in [0.2, 0.25) is 0 Å². The first kappa shape index (κ1) is 11.6. The highest BCUT2D eigenvalue weighted by atomic mass is 35.5. The van der Waals surface area contributed by atoms with Gasteiger partial charge in [0.15, 0.2) is 0 Å². The Labute approximate surface area is 95.8 Å². The second-order valence-corrected chi connectivity index (χ2v) is 3.41. The van der Waals surface area contributed by atoms with Gasteiger partial charge in [-0.25, -0.2) is 0 Å². The molecule has 1 nitrogen and oxygen atoms in total. The van der Waals surface area contributed by atoms with E-state index in [1.165, 1.54) is 0 Å². The Hall–Kier alpha value is -1.47. The van der Waals surface area contributed by atoms with Crippen molar-refractivity contribution >= 4 is 17.3 Å². The quantitative estimate of drug-likeness (QED) is 0.764. The Bertz CT molecular complexity index is 390. The number of hydrogen-bond donors (Lipinski definition) is 1. The van der Waals surface area contributed by atoms with Crippen LogP contribution in [-0.2, 0) is 0 Å². The molecule has 0 fully saturated rings. The Morgan fingerprint density at radius 3 is 2.40 bits per heavy atom. The molecule has 15 heavy (non-hydrogen) atoms. The van der Waals surface area contributed by atoms with Crippen LogP contribution in [0.1, 0.15) is 5.56 Å². The van der Waals surface area contributed by atoms with E-state index in [0.29, 0.717) is 10.6 Å². The van der Waals surface area contributed by atoms with Gasteiger partial charge in [-0.05, 0) is 11.1 Å². The third-order valence-corrected chi connectivity index (χ3v) is 2.49. The van der Waals surface area contributed by atoms with Crippen LogP contribution in [0.5, 0.6) is 0 Å². The van der Waals surface area contributed by atoms with E-state index >= 15 is 0 Å². The molecule has 1 N–H and O–H groups in total. The predicted molar refractivity (Wildman–Crippen MR) is 67.6 cm³/mol. The lowest BCUT2D eigenvalue weighted by Gasteiger charge is -2.10. The van der Waals surface area contributed by atoms with Crippen LogP contribution in [0.25, 0.3) is 5.70 Å². The van der Waals surface area contributed by atoms with Crippen molar-refractivity contribution < 1.29 is 0 Å². The molecule has 0 heterocycles. The largest absolute Gasteiger partial charge is 0.386 e. The van der Waals surface area contributed by atoms with Crippen molar-refractivity contribution in [3.05, 3.63) is 65.7 Å².